The molecule has 0 spiro atoms. The van der Waals surface area contributed by atoms with Crippen molar-refractivity contribution in [3.8, 4) is 17.0 Å². The van der Waals surface area contributed by atoms with Gasteiger partial charge in [-0.25, -0.2) is 4.98 Å². The number of rotatable bonds is 6. The predicted octanol–water partition coefficient (Wildman–Crippen LogP) is 2.94. The van der Waals surface area contributed by atoms with Gasteiger partial charge in [0.1, 0.15) is 5.75 Å². The van der Waals surface area contributed by atoms with Crippen molar-refractivity contribution >= 4 is 28.3 Å². The summed E-state index contributed by atoms with van der Waals surface area (Å²) in [5.74, 6) is -0.225. The van der Waals surface area contributed by atoms with Gasteiger partial charge < -0.3 is 15.2 Å². The van der Waals surface area contributed by atoms with Crippen molar-refractivity contribution in [1.82, 2.24) is 9.88 Å². The van der Waals surface area contributed by atoms with Crippen LogP contribution in [-0.4, -0.2) is 53.1 Å². The van der Waals surface area contributed by atoms with Crippen molar-refractivity contribution in [3.05, 3.63) is 29.6 Å². The van der Waals surface area contributed by atoms with Crippen LogP contribution in [0.2, 0.25) is 0 Å². The first-order valence-corrected chi connectivity index (χ1v) is 9.58. The van der Waals surface area contributed by atoms with Crippen LogP contribution in [-0.2, 0) is 9.59 Å². The van der Waals surface area contributed by atoms with Gasteiger partial charge in [-0.05, 0) is 44.5 Å². The summed E-state index contributed by atoms with van der Waals surface area (Å²) in [4.78, 5) is 30.3. The number of carbonyl (C=O) groups is 2. The number of carboxylic acids is 1. The number of hydrogen-bond donors (Lipinski definition) is 2. The van der Waals surface area contributed by atoms with Crippen molar-refractivity contribution in [1.29, 1.82) is 0 Å². The number of anilines is 1. The monoisotopic (exact) mass is 389 g/mol. The van der Waals surface area contributed by atoms with Gasteiger partial charge in [0.2, 0.25) is 5.91 Å². The third-order valence-electron chi connectivity index (χ3n) is 5.07. The fourth-order valence-electron chi connectivity index (χ4n) is 3.10. The highest BCUT2D eigenvalue weighted by atomic mass is 32.1. The van der Waals surface area contributed by atoms with E-state index in [-0.39, 0.29) is 5.91 Å². The molecule has 0 aliphatic carbocycles. The maximum Gasteiger partial charge on any atom is 0.310 e. The first-order valence-electron chi connectivity index (χ1n) is 8.71. The minimum absolute atomic E-state index is 0.180. The van der Waals surface area contributed by atoms with E-state index in [0.29, 0.717) is 24.6 Å². The maximum atomic E-state index is 12.6. The number of nitrogens with zero attached hydrogens (tertiary/aromatic N) is 2. The molecule has 2 heterocycles. The summed E-state index contributed by atoms with van der Waals surface area (Å²) in [5.41, 5.74) is 0.930. The largest absolute Gasteiger partial charge is 0.497 e. The van der Waals surface area contributed by atoms with Gasteiger partial charge in [0.15, 0.2) is 5.13 Å². The van der Waals surface area contributed by atoms with E-state index in [9.17, 15) is 14.7 Å². The lowest BCUT2D eigenvalue weighted by atomic mass is 9.90. The molecule has 1 saturated heterocycles. The van der Waals surface area contributed by atoms with Gasteiger partial charge in [-0.1, -0.05) is 0 Å². The molecule has 0 saturated carbocycles. The Kier molecular flexibility index (Phi) is 5.48. The normalized spacial score (nSPS) is 21.0. The lowest BCUT2D eigenvalue weighted by Crippen LogP contribution is -2.42. The molecule has 2 unspecified atom stereocenters. The van der Waals surface area contributed by atoms with Crippen LogP contribution in [0.15, 0.2) is 29.6 Å². The Hall–Kier alpha value is -2.45. The van der Waals surface area contributed by atoms with Crippen LogP contribution in [0.3, 0.4) is 0 Å². The number of carbonyl (C=O) groups excluding carboxylic acids is 1. The summed E-state index contributed by atoms with van der Waals surface area (Å²) in [6.45, 7) is 4.47. The number of benzene rings is 1. The number of hydrogen-bond acceptors (Lipinski definition) is 6. The zero-order valence-corrected chi connectivity index (χ0v) is 16.4. The molecular weight excluding hydrogens is 366 g/mol. The Labute approximate surface area is 162 Å². The zero-order chi connectivity index (χ0) is 19.6. The van der Waals surface area contributed by atoms with Crippen molar-refractivity contribution in [2.24, 2.45) is 5.41 Å². The van der Waals surface area contributed by atoms with Crippen LogP contribution >= 0.6 is 11.3 Å². The Morgan fingerprint density at radius 2 is 2.07 bits per heavy atom. The van der Waals surface area contributed by atoms with Crippen LogP contribution in [0.25, 0.3) is 11.3 Å². The van der Waals surface area contributed by atoms with Crippen LogP contribution < -0.4 is 10.1 Å². The fraction of sp³-hybridized carbons (Fsp3) is 0.421. The molecule has 7 nitrogen and oxygen atoms in total. The van der Waals surface area contributed by atoms with Crippen molar-refractivity contribution in [2.45, 2.75) is 26.3 Å². The van der Waals surface area contributed by atoms with E-state index in [1.807, 2.05) is 34.5 Å². The smallest absolute Gasteiger partial charge is 0.310 e. The molecule has 1 aliphatic rings. The van der Waals surface area contributed by atoms with Crippen LogP contribution in [0, 0.1) is 5.41 Å². The fourth-order valence-corrected chi connectivity index (χ4v) is 3.83. The first kappa shape index (κ1) is 19.3. The summed E-state index contributed by atoms with van der Waals surface area (Å²) in [5, 5.41) is 14.6. The average molecular weight is 389 g/mol. The third-order valence-corrected chi connectivity index (χ3v) is 5.82. The zero-order valence-electron chi connectivity index (χ0n) is 15.6. The molecule has 0 bridgehead atoms. The second kappa shape index (κ2) is 7.66. The molecule has 1 fully saturated rings. The van der Waals surface area contributed by atoms with Gasteiger partial charge in [0, 0.05) is 24.0 Å². The number of methoxy groups -OCH3 is 1. The van der Waals surface area contributed by atoms with Gasteiger partial charge in [-0.3, -0.25) is 14.5 Å². The standard InChI is InChI=1S/C19H23N3O4S/c1-12(22-9-8-19(2,11-22)17(24)25)16(23)21-18-20-15(10-27-18)13-4-6-14(26-3)7-5-13/h4-7,10,12H,8-9,11H2,1-3H3,(H,24,25)(H,20,21,23). The molecule has 2 atom stereocenters. The van der Waals surface area contributed by atoms with E-state index in [2.05, 4.69) is 10.3 Å². The molecule has 1 aromatic heterocycles. The van der Waals surface area contributed by atoms with E-state index in [1.165, 1.54) is 11.3 Å². The lowest BCUT2D eigenvalue weighted by Gasteiger charge is -2.24. The molecule has 1 amide bonds. The average Bonchev–Trinajstić information content (AvgIpc) is 3.29. The number of carboxylic acid groups (broad SMARTS) is 1. The maximum absolute atomic E-state index is 12.6. The van der Waals surface area contributed by atoms with Crippen molar-refractivity contribution < 1.29 is 19.4 Å². The molecule has 8 heteroatoms. The number of ether oxygens (including phenoxy) is 1. The number of amides is 1. The minimum Gasteiger partial charge on any atom is -0.497 e. The Morgan fingerprint density at radius 3 is 2.67 bits per heavy atom. The van der Waals surface area contributed by atoms with E-state index in [1.54, 1.807) is 21.0 Å². The summed E-state index contributed by atoms with van der Waals surface area (Å²) in [6.07, 6.45) is 0.540. The predicted molar refractivity (Wildman–Crippen MR) is 104 cm³/mol. The molecule has 3 rings (SSSR count). The summed E-state index contributed by atoms with van der Waals surface area (Å²) in [6, 6.07) is 7.14. The van der Waals surface area contributed by atoms with E-state index < -0.39 is 17.4 Å². The molecule has 2 aromatic rings. The highest BCUT2D eigenvalue weighted by molar-refractivity contribution is 7.14. The molecule has 2 N–H and O–H groups in total. The first-order chi connectivity index (χ1) is 12.8. The van der Waals surface area contributed by atoms with Gasteiger partial charge in [0.05, 0.1) is 24.3 Å². The summed E-state index contributed by atoms with van der Waals surface area (Å²) < 4.78 is 5.15. The van der Waals surface area contributed by atoms with E-state index in [4.69, 9.17) is 4.74 Å². The molecule has 1 aromatic carbocycles. The number of aliphatic carboxylic acids is 1. The van der Waals surface area contributed by atoms with Gasteiger partial charge in [0.25, 0.3) is 0 Å². The third kappa shape index (κ3) is 4.12. The molecule has 144 valence electrons. The molecule has 1 aliphatic heterocycles. The molecular formula is C19H23N3O4S. The van der Waals surface area contributed by atoms with Gasteiger partial charge in [-0.2, -0.15) is 0 Å². The number of thiazole rings is 1. The van der Waals surface area contributed by atoms with Gasteiger partial charge >= 0.3 is 5.97 Å². The van der Waals surface area contributed by atoms with E-state index >= 15 is 0 Å². The highest BCUT2D eigenvalue weighted by Gasteiger charge is 2.42. The van der Waals surface area contributed by atoms with Crippen LogP contribution in [0.5, 0.6) is 5.75 Å². The Balaban J connectivity index is 1.63. The number of aromatic nitrogens is 1. The Morgan fingerprint density at radius 1 is 1.37 bits per heavy atom. The van der Waals surface area contributed by atoms with Crippen molar-refractivity contribution in [3.63, 3.8) is 0 Å². The van der Waals surface area contributed by atoms with Crippen LogP contribution in [0.4, 0.5) is 5.13 Å². The second-order valence-corrected chi connectivity index (χ2v) is 7.88. The SMILES string of the molecule is COc1ccc(-c2csc(NC(=O)C(C)N3CCC(C)(C(=O)O)C3)n2)cc1. The second-order valence-electron chi connectivity index (χ2n) is 7.02. The number of nitrogens with one attached hydrogen (secondary N) is 1. The minimum atomic E-state index is -0.818. The summed E-state index contributed by atoms with van der Waals surface area (Å²) in [7, 11) is 1.62. The van der Waals surface area contributed by atoms with Crippen molar-refractivity contribution in [2.75, 3.05) is 25.5 Å². The van der Waals surface area contributed by atoms with Crippen LogP contribution in [0.1, 0.15) is 20.3 Å². The van der Waals surface area contributed by atoms with Gasteiger partial charge in [-0.15, -0.1) is 11.3 Å². The summed E-state index contributed by atoms with van der Waals surface area (Å²) >= 11 is 1.36. The lowest BCUT2D eigenvalue weighted by molar-refractivity contribution is -0.147. The molecule has 27 heavy (non-hydrogen) atoms. The Bertz CT molecular complexity index is 836. The molecule has 0 radical (unpaired) electrons. The highest BCUT2D eigenvalue weighted by Crippen LogP contribution is 2.32. The quantitative estimate of drug-likeness (QED) is 0.789. The van der Waals surface area contributed by atoms with E-state index in [0.717, 1.165) is 17.0 Å². The number of likely N-dealkylation sites (tertiary alicyclic amines) is 1. The topological polar surface area (TPSA) is 91.8 Å².